The molecule has 8 nitrogen and oxygen atoms in total. The Morgan fingerprint density at radius 3 is 2.48 bits per heavy atom. The van der Waals surface area contributed by atoms with Gasteiger partial charge in [-0.15, -0.1) is 0 Å². The second kappa shape index (κ2) is 7.69. The Morgan fingerprint density at radius 2 is 1.96 bits per heavy atom. The van der Waals surface area contributed by atoms with Crippen LogP contribution in [-0.4, -0.2) is 27.3 Å². The Balaban J connectivity index is 1.93. The average molecular weight is 355 g/mol. The van der Waals surface area contributed by atoms with Crippen LogP contribution in [0.5, 0.6) is 5.75 Å². The highest BCUT2D eigenvalue weighted by molar-refractivity contribution is 5.69. The monoisotopic (exact) mass is 355 g/mol. The number of hydrogen-bond donors (Lipinski definition) is 0. The van der Waals surface area contributed by atoms with Gasteiger partial charge in [0, 0.05) is 0 Å². The first-order valence-corrected chi connectivity index (χ1v) is 7.15. The fourth-order valence-electron chi connectivity index (χ4n) is 2.20. The molecular weight excluding hydrogens is 340 g/mol. The summed E-state index contributed by atoms with van der Waals surface area (Å²) in [5.41, 5.74) is 0.912. The van der Waals surface area contributed by atoms with E-state index in [4.69, 9.17) is 4.74 Å². The van der Waals surface area contributed by atoms with Crippen LogP contribution >= 0.6 is 0 Å². The average Bonchev–Trinajstić information content (AvgIpc) is 2.80. The summed E-state index contributed by atoms with van der Waals surface area (Å²) in [4.78, 5) is 22.2. The minimum Gasteiger partial charge on any atom is -0.459 e. The molecule has 0 saturated carbocycles. The number of halogens is 2. The largest absolute Gasteiger partial charge is 0.459 e. The van der Waals surface area contributed by atoms with Crippen LogP contribution in [0.15, 0.2) is 24.3 Å². The number of aromatic nitrogens is 2. The van der Waals surface area contributed by atoms with E-state index in [1.165, 1.54) is 42.8 Å². The fraction of sp³-hybridized carbons (Fsp3) is 0.333. The molecule has 0 radical (unpaired) electrons. The van der Waals surface area contributed by atoms with Gasteiger partial charge < -0.3 is 9.47 Å². The molecule has 0 bridgehead atoms. The number of benzene rings is 1. The van der Waals surface area contributed by atoms with Crippen LogP contribution < -0.4 is 4.74 Å². The van der Waals surface area contributed by atoms with Gasteiger partial charge in [-0.05, 0) is 31.5 Å². The van der Waals surface area contributed by atoms with Gasteiger partial charge in [0.15, 0.2) is 0 Å². The van der Waals surface area contributed by atoms with Gasteiger partial charge in [-0.3, -0.25) is 19.6 Å². The van der Waals surface area contributed by atoms with Crippen LogP contribution in [0.25, 0.3) is 0 Å². The summed E-state index contributed by atoms with van der Waals surface area (Å²) in [6.45, 7) is -0.278. The number of esters is 1. The Labute approximate surface area is 141 Å². The molecule has 0 amide bonds. The molecule has 0 aliphatic carbocycles. The number of nitrogens with zero attached hydrogens (tertiary/aromatic N) is 3. The quantitative estimate of drug-likeness (QED) is 0.430. The lowest BCUT2D eigenvalue weighted by atomic mass is 10.2. The van der Waals surface area contributed by atoms with Crippen molar-refractivity contribution < 1.29 is 28.0 Å². The minimum absolute atomic E-state index is 0.0000252. The topological polar surface area (TPSA) is 96.5 Å². The van der Waals surface area contributed by atoms with Gasteiger partial charge in [-0.25, -0.2) is 0 Å². The summed E-state index contributed by atoms with van der Waals surface area (Å²) in [5, 5.41) is 14.9. The van der Waals surface area contributed by atoms with E-state index in [1.54, 1.807) is 0 Å². The number of aryl methyl sites for hydroxylation is 1. The lowest BCUT2D eigenvalue weighted by Crippen LogP contribution is -2.15. The summed E-state index contributed by atoms with van der Waals surface area (Å²) >= 11 is 0. The Bertz CT molecular complexity index is 774. The smallest absolute Gasteiger partial charge is 0.387 e. The molecular formula is C15H15F2N3O5. The number of carbonyl (C=O) groups excluding carboxylic acids is 1. The van der Waals surface area contributed by atoms with E-state index in [2.05, 4.69) is 9.84 Å². The van der Waals surface area contributed by atoms with E-state index in [9.17, 15) is 23.7 Å². The highest BCUT2D eigenvalue weighted by Crippen LogP contribution is 2.21. The SMILES string of the molecule is Cc1nn(CC(=O)OCc2ccc(OC(F)F)cc2)c(C)c1[N+](=O)[O-]. The van der Waals surface area contributed by atoms with Crippen LogP contribution in [0.3, 0.4) is 0 Å². The highest BCUT2D eigenvalue weighted by Gasteiger charge is 2.23. The molecule has 0 aliphatic rings. The highest BCUT2D eigenvalue weighted by atomic mass is 19.3. The molecule has 25 heavy (non-hydrogen) atoms. The summed E-state index contributed by atoms with van der Waals surface area (Å²) in [6.07, 6.45) is 0. The van der Waals surface area contributed by atoms with Crippen molar-refractivity contribution in [2.24, 2.45) is 0 Å². The molecule has 0 aliphatic heterocycles. The van der Waals surface area contributed by atoms with Crippen LogP contribution in [0.2, 0.25) is 0 Å². The molecule has 10 heteroatoms. The van der Waals surface area contributed by atoms with E-state index in [0.29, 0.717) is 5.56 Å². The normalized spacial score (nSPS) is 10.8. The molecule has 0 atom stereocenters. The maximum atomic E-state index is 12.1. The molecule has 0 N–H and O–H groups in total. The van der Waals surface area contributed by atoms with Gasteiger partial charge in [0.25, 0.3) is 0 Å². The Hall–Kier alpha value is -3.04. The van der Waals surface area contributed by atoms with Crippen molar-refractivity contribution in [1.82, 2.24) is 9.78 Å². The van der Waals surface area contributed by atoms with Crippen LogP contribution in [0.4, 0.5) is 14.5 Å². The molecule has 1 aromatic heterocycles. The predicted molar refractivity (Wildman–Crippen MR) is 81.2 cm³/mol. The molecule has 0 fully saturated rings. The number of rotatable bonds is 7. The predicted octanol–water partition coefficient (Wildman–Crippen LogP) is 2.75. The maximum Gasteiger partial charge on any atom is 0.387 e. The van der Waals surface area contributed by atoms with Crippen molar-refractivity contribution in [3.8, 4) is 5.75 Å². The minimum atomic E-state index is -2.91. The fourth-order valence-corrected chi connectivity index (χ4v) is 2.20. The molecule has 134 valence electrons. The van der Waals surface area contributed by atoms with Crippen molar-refractivity contribution in [3.05, 3.63) is 51.3 Å². The van der Waals surface area contributed by atoms with Gasteiger partial charge in [0.1, 0.15) is 30.3 Å². The molecule has 0 spiro atoms. The second-order valence-electron chi connectivity index (χ2n) is 5.12. The Morgan fingerprint density at radius 1 is 1.32 bits per heavy atom. The first kappa shape index (κ1) is 18.3. The molecule has 2 aromatic rings. The van der Waals surface area contributed by atoms with E-state index in [-0.39, 0.29) is 36.0 Å². The summed E-state index contributed by atoms with van der Waals surface area (Å²) in [5.74, 6) is -0.631. The van der Waals surface area contributed by atoms with E-state index >= 15 is 0 Å². The van der Waals surface area contributed by atoms with E-state index < -0.39 is 17.5 Å². The molecule has 2 rings (SSSR count). The molecule has 0 saturated heterocycles. The van der Waals surface area contributed by atoms with Crippen LogP contribution in [-0.2, 0) is 22.7 Å². The summed E-state index contributed by atoms with van der Waals surface area (Å²) in [7, 11) is 0. The van der Waals surface area contributed by atoms with E-state index in [0.717, 1.165) is 0 Å². The lowest BCUT2D eigenvalue weighted by molar-refractivity contribution is -0.386. The van der Waals surface area contributed by atoms with Gasteiger partial charge in [0.2, 0.25) is 0 Å². The van der Waals surface area contributed by atoms with Crippen molar-refractivity contribution in [3.63, 3.8) is 0 Å². The van der Waals surface area contributed by atoms with Gasteiger partial charge in [0.05, 0.1) is 4.92 Å². The third-order valence-electron chi connectivity index (χ3n) is 3.35. The van der Waals surface area contributed by atoms with Crippen LogP contribution in [0, 0.1) is 24.0 Å². The third kappa shape index (κ3) is 4.72. The lowest BCUT2D eigenvalue weighted by Gasteiger charge is -2.07. The first-order valence-electron chi connectivity index (χ1n) is 7.15. The molecule has 0 unspecified atom stereocenters. The van der Waals surface area contributed by atoms with Crippen molar-refractivity contribution in [1.29, 1.82) is 0 Å². The van der Waals surface area contributed by atoms with Crippen LogP contribution in [0.1, 0.15) is 17.0 Å². The maximum absolute atomic E-state index is 12.1. The number of ether oxygens (including phenoxy) is 2. The van der Waals surface area contributed by atoms with Gasteiger partial charge in [-0.1, -0.05) is 12.1 Å². The summed E-state index contributed by atoms with van der Waals surface area (Å²) in [6, 6.07) is 5.64. The third-order valence-corrected chi connectivity index (χ3v) is 3.35. The summed E-state index contributed by atoms with van der Waals surface area (Å²) < 4.78 is 34.6. The van der Waals surface area contributed by atoms with Gasteiger partial charge in [-0.2, -0.15) is 13.9 Å². The first-order chi connectivity index (χ1) is 11.8. The zero-order valence-corrected chi connectivity index (χ0v) is 13.4. The van der Waals surface area contributed by atoms with Crippen molar-refractivity contribution >= 4 is 11.7 Å². The molecule has 1 aromatic carbocycles. The Kier molecular flexibility index (Phi) is 5.63. The van der Waals surface area contributed by atoms with E-state index in [1.807, 2.05) is 0 Å². The second-order valence-corrected chi connectivity index (χ2v) is 5.12. The zero-order valence-electron chi connectivity index (χ0n) is 13.4. The number of hydrogen-bond acceptors (Lipinski definition) is 6. The zero-order chi connectivity index (χ0) is 18.6. The van der Waals surface area contributed by atoms with Crippen molar-refractivity contribution in [2.45, 2.75) is 33.6 Å². The van der Waals surface area contributed by atoms with Gasteiger partial charge >= 0.3 is 18.3 Å². The van der Waals surface area contributed by atoms with Crippen molar-refractivity contribution in [2.75, 3.05) is 0 Å². The standard InChI is InChI=1S/C15H15F2N3O5/c1-9-14(20(22)23)10(2)19(18-9)7-13(21)24-8-11-3-5-12(6-4-11)25-15(16)17/h3-6,15H,7-8H2,1-2H3. The number of carbonyl (C=O) groups is 1. The molecule has 1 heterocycles. The number of nitro groups is 1. The number of alkyl halides is 2.